The fourth-order valence-corrected chi connectivity index (χ4v) is 2.34. The summed E-state index contributed by atoms with van der Waals surface area (Å²) in [7, 11) is 1.62. The van der Waals surface area contributed by atoms with Crippen molar-refractivity contribution in [1.29, 1.82) is 0 Å². The van der Waals surface area contributed by atoms with Gasteiger partial charge in [0.05, 0.1) is 12.0 Å². The predicted molar refractivity (Wildman–Crippen MR) is 85.9 cm³/mol. The Labute approximate surface area is 126 Å². The fourth-order valence-electron chi connectivity index (χ4n) is 2.34. The highest BCUT2D eigenvalue weighted by atomic mass is 16.5. The van der Waals surface area contributed by atoms with Crippen LogP contribution in [0.15, 0.2) is 24.3 Å². The van der Waals surface area contributed by atoms with E-state index in [0.717, 1.165) is 31.9 Å². The van der Waals surface area contributed by atoms with Crippen molar-refractivity contribution in [2.24, 2.45) is 0 Å². The van der Waals surface area contributed by atoms with Gasteiger partial charge in [0.25, 0.3) is 0 Å². The summed E-state index contributed by atoms with van der Waals surface area (Å²) >= 11 is 0. The smallest absolute Gasteiger partial charge is 0.227 e. The number of ether oxygens (including phenoxy) is 1. The van der Waals surface area contributed by atoms with Gasteiger partial charge in [0, 0.05) is 44.7 Å². The monoisotopic (exact) mass is 291 g/mol. The maximum absolute atomic E-state index is 12.0. The summed E-state index contributed by atoms with van der Waals surface area (Å²) in [5.41, 5.74) is 1.59. The number of amides is 1. The molecule has 0 saturated carbocycles. The molecule has 1 amide bonds. The molecule has 1 saturated heterocycles. The van der Waals surface area contributed by atoms with Gasteiger partial charge < -0.3 is 20.3 Å². The molecule has 0 spiro atoms. The molecule has 5 nitrogen and oxygen atoms in total. The second-order valence-corrected chi connectivity index (χ2v) is 5.97. The highest BCUT2D eigenvalue weighted by molar-refractivity contribution is 5.91. The molecule has 21 heavy (non-hydrogen) atoms. The molecule has 2 N–H and O–H groups in total. The van der Waals surface area contributed by atoms with E-state index in [2.05, 4.69) is 27.7 Å². The number of carbonyl (C=O) groups is 1. The molecule has 1 aliphatic rings. The van der Waals surface area contributed by atoms with Crippen molar-refractivity contribution in [1.82, 2.24) is 5.32 Å². The van der Waals surface area contributed by atoms with Crippen LogP contribution in [-0.2, 0) is 9.53 Å². The molecule has 116 valence electrons. The number of anilines is 2. The third-order valence-corrected chi connectivity index (χ3v) is 3.77. The lowest BCUT2D eigenvalue weighted by atomic mass is 10.0. The van der Waals surface area contributed by atoms with E-state index in [1.165, 1.54) is 5.69 Å². The third kappa shape index (κ3) is 4.72. The molecule has 2 rings (SSSR count). The van der Waals surface area contributed by atoms with Gasteiger partial charge in [-0.25, -0.2) is 0 Å². The largest absolute Gasteiger partial charge is 0.378 e. The maximum atomic E-state index is 12.0. The van der Waals surface area contributed by atoms with Crippen molar-refractivity contribution in [2.45, 2.75) is 25.9 Å². The molecule has 0 aliphatic carbocycles. The molecule has 1 aromatic carbocycles. The van der Waals surface area contributed by atoms with E-state index in [1.54, 1.807) is 7.11 Å². The summed E-state index contributed by atoms with van der Waals surface area (Å²) in [6.45, 7) is 7.89. The Bertz CT molecular complexity index is 465. The fraction of sp³-hybridized carbons (Fsp3) is 0.562. The van der Waals surface area contributed by atoms with E-state index in [0.29, 0.717) is 6.42 Å². The summed E-state index contributed by atoms with van der Waals surface area (Å²) in [4.78, 5) is 14.3. The predicted octanol–water partition coefficient (Wildman–Crippen LogP) is 1.85. The second kappa shape index (κ2) is 6.91. The number of hydrogen-bond acceptors (Lipinski definition) is 4. The Morgan fingerprint density at radius 2 is 1.90 bits per heavy atom. The number of nitrogens with one attached hydrogen (secondary N) is 2. The Kier molecular flexibility index (Phi) is 5.20. The van der Waals surface area contributed by atoms with Crippen LogP contribution in [0.4, 0.5) is 11.4 Å². The number of rotatable bonds is 5. The topological polar surface area (TPSA) is 53.6 Å². The average molecular weight is 291 g/mol. The number of nitrogens with zero attached hydrogens (tertiary/aromatic N) is 1. The Morgan fingerprint density at radius 1 is 1.29 bits per heavy atom. The molecule has 1 heterocycles. The number of benzene rings is 1. The zero-order valence-electron chi connectivity index (χ0n) is 13.1. The van der Waals surface area contributed by atoms with E-state index in [1.807, 2.05) is 26.0 Å². The first-order valence-electron chi connectivity index (χ1n) is 7.41. The van der Waals surface area contributed by atoms with Gasteiger partial charge in [0.2, 0.25) is 5.91 Å². The van der Waals surface area contributed by atoms with Crippen LogP contribution in [-0.4, -0.2) is 44.8 Å². The zero-order valence-corrected chi connectivity index (χ0v) is 13.1. The van der Waals surface area contributed by atoms with E-state index < -0.39 is 5.60 Å². The van der Waals surface area contributed by atoms with Gasteiger partial charge in [0.1, 0.15) is 0 Å². The first kappa shape index (κ1) is 15.8. The van der Waals surface area contributed by atoms with Gasteiger partial charge in [-0.05, 0) is 38.1 Å². The number of hydrogen-bond donors (Lipinski definition) is 2. The highest BCUT2D eigenvalue weighted by Crippen LogP contribution is 2.19. The number of piperazine rings is 1. The molecule has 1 fully saturated rings. The van der Waals surface area contributed by atoms with Crippen molar-refractivity contribution in [3.05, 3.63) is 24.3 Å². The summed E-state index contributed by atoms with van der Waals surface area (Å²) < 4.78 is 5.27. The molecule has 0 unspecified atom stereocenters. The van der Waals surface area contributed by atoms with Crippen molar-refractivity contribution in [2.75, 3.05) is 43.5 Å². The van der Waals surface area contributed by atoms with Crippen molar-refractivity contribution >= 4 is 17.3 Å². The normalized spacial score (nSPS) is 15.9. The van der Waals surface area contributed by atoms with E-state index in [9.17, 15) is 4.79 Å². The molecule has 0 atom stereocenters. The van der Waals surface area contributed by atoms with Gasteiger partial charge in [-0.15, -0.1) is 0 Å². The van der Waals surface area contributed by atoms with Crippen LogP contribution in [0.1, 0.15) is 20.3 Å². The van der Waals surface area contributed by atoms with Crippen LogP contribution in [0, 0.1) is 0 Å². The minimum atomic E-state index is -0.440. The quantitative estimate of drug-likeness (QED) is 0.869. The SMILES string of the molecule is COC(C)(C)CC(=O)Nc1ccc(N2CCNCC2)cc1. The first-order chi connectivity index (χ1) is 10.00. The number of methoxy groups -OCH3 is 1. The third-order valence-electron chi connectivity index (χ3n) is 3.77. The summed E-state index contributed by atoms with van der Waals surface area (Å²) in [6, 6.07) is 8.02. The van der Waals surface area contributed by atoms with E-state index in [-0.39, 0.29) is 5.91 Å². The van der Waals surface area contributed by atoms with Gasteiger partial charge in [0.15, 0.2) is 0 Å². The maximum Gasteiger partial charge on any atom is 0.227 e. The number of carbonyl (C=O) groups excluding carboxylic acids is 1. The zero-order chi connectivity index (χ0) is 15.3. The minimum absolute atomic E-state index is 0.0308. The van der Waals surface area contributed by atoms with E-state index >= 15 is 0 Å². The van der Waals surface area contributed by atoms with Crippen LogP contribution < -0.4 is 15.5 Å². The van der Waals surface area contributed by atoms with E-state index in [4.69, 9.17) is 4.74 Å². The lowest BCUT2D eigenvalue weighted by Gasteiger charge is -2.29. The molecule has 0 aromatic heterocycles. The molecule has 1 aromatic rings. The summed E-state index contributed by atoms with van der Waals surface area (Å²) in [5, 5.41) is 6.25. The van der Waals surface area contributed by atoms with Gasteiger partial charge in [-0.2, -0.15) is 0 Å². The van der Waals surface area contributed by atoms with Gasteiger partial charge in [-0.3, -0.25) is 4.79 Å². The first-order valence-corrected chi connectivity index (χ1v) is 7.41. The summed E-state index contributed by atoms with van der Waals surface area (Å²) in [6.07, 6.45) is 0.336. The van der Waals surface area contributed by atoms with Crippen LogP contribution in [0.3, 0.4) is 0 Å². The average Bonchev–Trinajstić information content (AvgIpc) is 2.48. The van der Waals surface area contributed by atoms with Crippen molar-refractivity contribution < 1.29 is 9.53 Å². The van der Waals surface area contributed by atoms with Crippen LogP contribution in [0.25, 0.3) is 0 Å². The van der Waals surface area contributed by atoms with Crippen molar-refractivity contribution in [3.8, 4) is 0 Å². The van der Waals surface area contributed by atoms with Crippen LogP contribution in [0.2, 0.25) is 0 Å². The van der Waals surface area contributed by atoms with Crippen LogP contribution >= 0.6 is 0 Å². The lowest BCUT2D eigenvalue weighted by molar-refractivity contribution is -0.121. The molecule has 0 radical (unpaired) electrons. The molecular formula is C16H25N3O2. The lowest BCUT2D eigenvalue weighted by Crippen LogP contribution is -2.43. The van der Waals surface area contributed by atoms with Gasteiger partial charge >= 0.3 is 0 Å². The molecule has 1 aliphatic heterocycles. The standard InChI is InChI=1S/C16H25N3O2/c1-16(2,21-3)12-15(20)18-13-4-6-14(7-5-13)19-10-8-17-9-11-19/h4-7,17H,8-12H2,1-3H3,(H,18,20). The molecular weight excluding hydrogens is 266 g/mol. The Hall–Kier alpha value is -1.59. The van der Waals surface area contributed by atoms with Gasteiger partial charge in [-0.1, -0.05) is 0 Å². The Morgan fingerprint density at radius 3 is 2.48 bits per heavy atom. The summed E-state index contributed by atoms with van der Waals surface area (Å²) in [5.74, 6) is -0.0308. The highest BCUT2D eigenvalue weighted by Gasteiger charge is 2.21. The Balaban J connectivity index is 1.91. The molecule has 0 bridgehead atoms. The minimum Gasteiger partial charge on any atom is -0.378 e. The second-order valence-electron chi connectivity index (χ2n) is 5.97. The van der Waals surface area contributed by atoms with Crippen molar-refractivity contribution in [3.63, 3.8) is 0 Å². The van der Waals surface area contributed by atoms with Crippen LogP contribution in [0.5, 0.6) is 0 Å². The molecule has 5 heteroatoms.